The van der Waals surface area contributed by atoms with Gasteiger partial charge in [0.1, 0.15) is 10.8 Å². The number of carbonyl (C=O) groups excluding carboxylic acids is 1. The van der Waals surface area contributed by atoms with Crippen LogP contribution in [0.4, 0.5) is 5.82 Å². The second kappa shape index (κ2) is 6.78. The molecule has 2 rings (SSSR count). The number of pyridine rings is 1. The van der Waals surface area contributed by atoms with E-state index < -0.39 is 6.04 Å². The van der Waals surface area contributed by atoms with Crippen molar-refractivity contribution >= 4 is 23.1 Å². The Balaban J connectivity index is 2.10. The highest BCUT2D eigenvalue weighted by Crippen LogP contribution is 2.26. The lowest BCUT2D eigenvalue weighted by molar-refractivity contribution is -0.117. The van der Waals surface area contributed by atoms with E-state index in [-0.39, 0.29) is 5.91 Å². The topological polar surface area (TPSA) is 80.9 Å². The summed E-state index contributed by atoms with van der Waals surface area (Å²) in [6.07, 6.45) is 2.42. The van der Waals surface area contributed by atoms with Crippen LogP contribution in [0.25, 0.3) is 10.6 Å². The van der Waals surface area contributed by atoms with E-state index in [0.29, 0.717) is 18.2 Å². The molecule has 0 aliphatic heterocycles. The smallest absolute Gasteiger partial charge is 0.242 e. The summed E-state index contributed by atoms with van der Waals surface area (Å²) in [6, 6.07) is 3.51. The molecule has 0 aliphatic rings. The van der Waals surface area contributed by atoms with Gasteiger partial charge in [-0.25, -0.2) is 4.98 Å². The van der Waals surface area contributed by atoms with Crippen LogP contribution in [0.15, 0.2) is 23.7 Å². The number of amides is 1. The molecule has 6 heteroatoms. The summed E-state index contributed by atoms with van der Waals surface area (Å²) in [5.74, 6) is 0.736. The van der Waals surface area contributed by atoms with Gasteiger partial charge in [-0.1, -0.05) is 20.8 Å². The van der Waals surface area contributed by atoms with Crippen molar-refractivity contribution in [2.24, 2.45) is 5.73 Å². The fourth-order valence-electron chi connectivity index (χ4n) is 1.74. The fourth-order valence-corrected chi connectivity index (χ4v) is 2.48. The normalized spacial score (nSPS) is 12.4. The van der Waals surface area contributed by atoms with E-state index in [1.807, 2.05) is 30.6 Å². The van der Waals surface area contributed by atoms with E-state index in [9.17, 15) is 4.79 Å². The fraction of sp³-hybridized carbons (Fsp3) is 0.400. The van der Waals surface area contributed by atoms with E-state index in [4.69, 9.17) is 5.73 Å². The SMILES string of the molecule is CC[C@H](N)C(=O)Nc1csc(-c2ccc(C(C)C)nc2)n1. The van der Waals surface area contributed by atoms with Crippen molar-refractivity contribution < 1.29 is 4.79 Å². The number of rotatable bonds is 5. The van der Waals surface area contributed by atoms with Gasteiger partial charge in [0.25, 0.3) is 0 Å². The van der Waals surface area contributed by atoms with Gasteiger partial charge < -0.3 is 11.1 Å². The number of hydrogen-bond acceptors (Lipinski definition) is 5. The molecule has 2 aromatic rings. The van der Waals surface area contributed by atoms with Crippen LogP contribution in [0, 0.1) is 0 Å². The van der Waals surface area contributed by atoms with Gasteiger partial charge in [0, 0.05) is 22.8 Å². The summed E-state index contributed by atoms with van der Waals surface area (Å²) in [5, 5.41) is 5.37. The predicted octanol–water partition coefficient (Wildman–Crippen LogP) is 3.00. The minimum absolute atomic E-state index is 0.206. The van der Waals surface area contributed by atoms with Gasteiger partial charge in [0.2, 0.25) is 5.91 Å². The number of aromatic nitrogens is 2. The maximum Gasteiger partial charge on any atom is 0.242 e. The number of anilines is 1. The Bertz CT molecular complexity index is 606. The van der Waals surface area contributed by atoms with Gasteiger partial charge in [0.15, 0.2) is 0 Å². The number of nitrogens with zero attached hydrogens (tertiary/aromatic N) is 2. The Hall–Kier alpha value is -1.79. The molecule has 0 radical (unpaired) electrons. The van der Waals surface area contributed by atoms with Crippen LogP contribution in [0.1, 0.15) is 38.8 Å². The lowest BCUT2D eigenvalue weighted by Crippen LogP contribution is -2.34. The molecular weight excluding hydrogens is 284 g/mol. The standard InChI is InChI=1S/C15H20N4OS/c1-4-11(16)14(20)18-13-8-21-15(19-13)10-5-6-12(9(2)3)17-7-10/h5-9,11H,4,16H2,1-3H3,(H,18,20)/t11-/m0/s1. The third-order valence-electron chi connectivity index (χ3n) is 3.16. The van der Waals surface area contributed by atoms with E-state index in [1.165, 1.54) is 11.3 Å². The zero-order chi connectivity index (χ0) is 15.4. The molecule has 0 saturated heterocycles. The summed E-state index contributed by atoms with van der Waals surface area (Å²) in [5.41, 5.74) is 7.68. The molecule has 2 heterocycles. The third kappa shape index (κ3) is 3.86. The molecule has 1 amide bonds. The van der Waals surface area contributed by atoms with Gasteiger partial charge in [-0.15, -0.1) is 11.3 Å². The average Bonchev–Trinajstić information content (AvgIpc) is 2.94. The average molecular weight is 304 g/mol. The van der Waals surface area contributed by atoms with Gasteiger partial charge in [-0.05, 0) is 24.5 Å². The van der Waals surface area contributed by atoms with Crippen LogP contribution < -0.4 is 11.1 Å². The largest absolute Gasteiger partial charge is 0.320 e. The molecule has 3 N–H and O–H groups in total. The van der Waals surface area contributed by atoms with Crippen LogP contribution in [-0.2, 0) is 4.79 Å². The van der Waals surface area contributed by atoms with Crippen molar-refractivity contribution in [3.63, 3.8) is 0 Å². The molecule has 1 atom stereocenters. The minimum atomic E-state index is -0.498. The summed E-state index contributed by atoms with van der Waals surface area (Å²) in [6.45, 7) is 6.09. The number of carbonyl (C=O) groups is 1. The molecule has 0 unspecified atom stereocenters. The number of thiazole rings is 1. The van der Waals surface area contributed by atoms with Crippen molar-refractivity contribution in [3.05, 3.63) is 29.4 Å². The number of nitrogens with one attached hydrogen (secondary N) is 1. The lowest BCUT2D eigenvalue weighted by Gasteiger charge is -2.07. The first-order chi connectivity index (χ1) is 10.0. The monoisotopic (exact) mass is 304 g/mol. The molecule has 0 aromatic carbocycles. The van der Waals surface area contributed by atoms with E-state index in [0.717, 1.165) is 16.3 Å². The van der Waals surface area contributed by atoms with Crippen molar-refractivity contribution in [1.29, 1.82) is 0 Å². The predicted molar refractivity (Wildman–Crippen MR) is 86.3 cm³/mol. The first-order valence-electron chi connectivity index (χ1n) is 6.99. The van der Waals surface area contributed by atoms with Crippen LogP contribution in [0.5, 0.6) is 0 Å². The van der Waals surface area contributed by atoms with Crippen LogP contribution in [-0.4, -0.2) is 21.9 Å². The zero-order valence-electron chi connectivity index (χ0n) is 12.5. The third-order valence-corrected chi connectivity index (χ3v) is 4.05. The molecule has 0 spiro atoms. The Morgan fingerprint density at radius 3 is 2.76 bits per heavy atom. The van der Waals surface area contributed by atoms with Crippen molar-refractivity contribution in [2.75, 3.05) is 5.32 Å². The first kappa shape index (κ1) is 15.6. The Morgan fingerprint density at radius 2 is 2.19 bits per heavy atom. The van der Waals surface area contributed by atoms with E-state index >= 15 is 0 Å². The molecule has 0 aliphatic carbocycles. The minimum Gasteiger partial charge on any atom is -0.320 e. The van der Waals surface area contributed by atoms with Crippen molar-refractivity contribution in [3.8, 4) is 10.6 Å². The molecule has 2 aromatic heterocycles. The molecule has 112 valence electrons. The summed E-state index contributed by atoms with van der Waals surface area (Å²) in [7, 11) is 0. The van der Waals surface area contributed by atoms with E-state index in [2.05, 4.69) is 29.1 Å². The Morgan fingerprint density at radius 1 is 1.43 bits per heavy atom. The summed E-state index contributed by atoms with van der Waals surface area (Å²) in [4.78, 5) is 20.6. The number of nitrogens with two attached hydrogens (primary N) is 1. The quantitative estimate of drug-likeness (QED) is 0.889. The molecular formula is C15H20N4OS. The molecule has 0 saturated carbocycles. The van der Waals surface area contributed by atoms with E-state index in [1.54, 1.807) is 0 Å². The zero-order valence-corrected chi connectivity index (χ0v) is 13.3. The maximum atomic E-state index is 11.7. The highest BCUT2D eigenvalue weighted by Gasteiger charge is 2.13. The van der Waals surface area contributed by atoms with Gasteiger partial charge in [-0.3, -0.25) is 9.78 Å². The molecule has 21 heavy (non-hydrogen) atoms. The molecule has 5 nitrogen and oxygen atoms in total. The first-order valence-corrected chi connectivity index (χ1v) is 7.87. The summed E-state index contributed by atoms with van der Waals surface area (Å²) < 4.78 is 0. The summed E-state index contributed by atoms with van der Waals surface area (Å²) >= 11 is 1.47. The molecule has 0 bridgehead atoms. The van der Waals surface area contributed by atoms with Crippen molar-refractivity contribution in [2.45, 2.75) is 39.2 Å². The van der Waals surface area contributed by atoms with Crippen LogP contribution in [0.3, 0.4) is 0 Å². The van der Waals surface area contributed by atoms with Gasteiger partial charge >= 0.3 is 0 Å². The highest BCUT2D eigenvalue weighted by atomic mass is 32.1. The number of hydrogen-bond donors (Lipinski definition) is 2. The Labute approximate surface area is 128 Å². The van der Waals surface area contributed by atoms with Gasteiger partial charge in [0.05, 0.1) is 6.04 Å². The second-order valence-corrected chi connectivity index (χ2v) is 6.03. The Kier molecular flexibility index (Phi) is 5.03. The van der Waals surface area contributed by atoms with Crippen LogP contribution >= 0.6 is 11.3 Å². The lowest BCUT2D eigenvalue weighted by atomic mass is 10.1. The maximum absolute atomic E-state index is 11.7. The highest BCUT2D eigenvalue weighted by molar-refractivity contribution is 7.13. The van der Waals surface area contributed by atoms with Crippen molar-refractivity contribution in [1.82, 2.24) is 9.97 Å². The van der Waals surface area contributed by atoms with Crippen LogP contribution in [0.2, 0.25) is 0 Å². The molecule has 0 fully saturated rings. The second-order valence-electron chi connectivity index (χ2n) is 5.17. The van der Waals surface area contributed by atoms with Gasteiger partial charge in [-0.2, -0.15) is 0 Å².